The van der Waals surface area contributed by atoms with E-state index in [1.165, 1.54) is 51.4 Å². The summed E-state index contributed by atoms with van der Waals surface area (Å²) >= 11 is 0. The van der Waals surface area contributed by atoms with Crippen LogP contribution < -0.4 is 0 Å². The zero-order valence-electron chi connectivity index (χ0n) is 14.1. The first-order valence-electron chi connectivity index (χ1n) is 8.88. The smallest absolute Gasteiger partial charge is 0.108 e. The van der Waals surface area contributed by atoms with Gasteiger partial charge in [-0.3, -0.25) is 0 Å². The standard InChI is InChI=1S/C18H34N2O/c1-3-4-5-6-7-8-9-10-11-12-17(21)13-14-18-19-15-16-20(18)2/h15-17,21H,3-14H2,1-2H3. The van der Waals surface area contributed by atoms with Gasteiger partial charge in [0.15, 0.2) is 0 Å². The van der Waals surface area contributed by atoms with Crippen LogP contribution >= 0.6 is 0 Å². The number of rotatable bonds is 13. The van der Waals surface area contributed by atoms with Crippen LogP contribution in [0.2, 0.25) is 0 Å². The zero-order valence-corrected chi connectivity index (χ0v) is 14.1. The summed E-state index contributed by atoms with van der Waals surface area (Å²) in [6.45, 7) is 2.26. The summed E-state index contributed by atoms with van der Waals surface area (Å²) in [6, 6.07) is 0. The largest absolute Gasteiger partial charge is 0.393 e. The molecule has 0 spiro atoms. The van der Waals surface area contributed by atoms with Gasteiger partial charge in [-0.25, -0.2) is 4.98 Å². The number of aliphatic hydroxyl groups is 1. The Hall–Kier alpha value is -0.830. The number of aliphatic hydroxyl groups excluding tert-OH is 1. The van der Waals surface area contributed by atoms with Gasteiger partial charge in [-0.2, -0.15) is 0 Å². The third-order valence-corrected chi connectivity index (χ3v) is 4.26. The molecule has 0 fully saturated rings. The molecule has 0 amide bonds. The van der Waals surface area contributed by atoms with Crippen molar-refractivity contribution >= 4 is 0 Å². The topological polar surface area (TPSA) is 38.1 Å². The summed E-state index contributed by atoms with van der Waals surface area (Å²) in [4.78, 5) is 4.29. The van der Waals surface area contributed by atoms with Crippen molar-refractivity contribution in [2.45, 2.75) is 90.1 Å². The number of imidazole rings is 1. The van der Waals surface area contributed by atoms with E-state index in [9.17, 15) is 5.11 Å². The Morgan fingerprint density at radius 1 is 1.00 bits per heavy atom. The van der Waals surface area contributed by atoms with Crippen molar-refractivity contribution in [3.8, 4) is 0 Å². The third-order valence-electron chi connectivity index (χ3n) is 4.26. The second-order valence-electron chi connectivity index (χ2n) is 6.26. The molecule has 0 saturated carbocycles. The normalized spacial score (nSPS) is 12.7. The van der Waals surface area contributed by atoms with Crippen LogP contribution in [-0.4, -0.2) is 20.8 Å². The lowest BCUT2D eigenvalue weighted by molar-refractivity contribution is 0.150. The van der Waals surface area contributed by atoms with E-state index in [4.69, 9.17) is 0 Å². The van der Waals surface area contributed by atoms with Crippen molar-refractivity contribution in [3.05, 3.63) is 18.2 Å². The minimum atomic E-state index is -0.161. The first-order chi connectivity index (χ1) is 10.2. The average Bonchev–Trinajstić information content (AvgIpc) is 2.89. The Morgan fingerprint density at radius 3 is 2.19 bits per heavy atom. The molecule has 1 aromatic heterocycles. The molecule has 1 aromatic rings. The Balaban J connectivity index is 1.89. The van der Waals surface area contributed by atoms with Crippen LogP contribution in [0.15, 0.2) is 12.4 Å². The molecular weight excluding hydrogens is 260 g/mol. The van der Waals surface area contributed by atoms with Crippen molar-refractivity contribution in [2.75, 3.05) is 0 Å². The Kier molecular flexibility index (Phi) is 10.2. The van der Waals surface area contributed by atoms with E-state index in [2.05, 4.69) is 11.9 Å². The van der Waals surface area contributed by atoms with E-state index >= 15 is 0 Å². The predicted molar refractivity (Wildman–Crippen MR) is 89.4 cm³/mol. The number of aromatic nitrogens is 2. The highest BCUT2D eigenvalue weighted by Crippen LogP contribution is 2.13. The molecule has 3 nitrogen and oxygen atoms in total. The van der Waals surface area contributed by atoms with Gasteiger partial charge in [0.25, 0.3) is 0 Å². The quantitative estimate of drug-likeness (QED) is 0.538. The lowest BCUT2D eigenvalue weighted by atomic mass is 10.0. The van der Waals surface area contributed by atoms with E-state index in [1.54, 1.807) is 0 Å². The fraction of sp³-hybridized carbons (Fsp3) is 0.833. The van der Waals surface area contributed by atoms with Crippen molar-refractivity contribution in [3.63, 3.8) is 0 Å². The van der Waals surface area contributed by atoms with Crippen LogP contribution in [0.4, 0.5) is 0 Å². The zero-order chi connectivity index (χ0) is 15.3. The van der Waals surface area contributed by atoms with Crippen molar-refractivity contribution in [1.82, 2.24) is 9.55 Å². The second-order valence-corrected chi connectivity index (χ2v) is 6.26. The molecule has 0 aliphatic carbocycles. The maximum Gasteiger partial charge on any atom is 0.108 e. The molecule has 0 radical (unpaired) electrons. The molecule has 21 heavy (non-hydrogen) atoms. The summed E-state index contributed by atoms with van der Waals surface area (Å²) in [5.41, 5.74) is 0. The Morgan fingerprint density at radius 2 is 1.62 bits per heavy atom. The molecule has 1 atom stereocenters. The van der Waals surface area contributed by atoms with Crippen molar-refractivity contribution in [1.29, 1.82) is 0 Å². The molecule has 1 rings (SSSR count). The van der Waals surface area contributed by atoms with Crippen LogP contribution in [-0.2, 0) is 13.5 Å². The van der Waals surface area contributed by atoms with E-state index in [1.807, 2.05) is 24.0 Å². The minimum absolute atomic E-state index is 0.161. The van der Waals surface area contributed by atoms with Gasteiger partial charge in [0, 0.05) is 25.9 Å². The third kappa shape index (κ3) is 8.92. The summed E-state index contributed by atoms with van der Waals surface area (Å²) in [5, 5.41) is 10.0. The number of hydrogen-bond donors (Lipinski definition) is 1. The van der Waals surface area contributed by atoms with Crippen LogP contribution in [0.1, 0.15) is 83.4 Å². The first-order valence-corrected chi connectivity index (χ1v) is 8.88. The first kappa shape index (κ1) is 18.2. The number of aryl methyl sites for hydroxylation is 2. The molecule has 3 heteroatoms. The summed E-state index contributed by atoms with van der Waals surface area (Å²) < 4.78 is 2.03. The average molecular weight is 294 g/mol. The van der Waals surface area contributed by atoms with Gasteiger partial charge in [0.1, 0.15) is 5.82 Å². The maximum absolute atomic E-state index is 10.0. The van der Waals surface area contributed by atoms with E-state index < -0.39 is 0 Å². The summed E-state index contributed by atoms with van der Waals surface area (Å²) in [7, 11) is 2.01. The van der Waals surface area contributed by atoms with Gasteiger partial charge in [-0.1, -0.05) is 64.7 Å². The molecule has 1 heterocycles. The molecule has 0 aliphatic rings. The second kappa shape index (κ2) is 11.8. The van der Waals surface area contributed by atoms with Gasteiger partial charge in [0.2, 0.25) is 0 Å². The molecule has 1 unspecified atom stereocenters. The lowest BCUT2D eigenvalue weighted by Crippen LogP contribution is -2.09. The van der Waals surface area contributed by atoms with E-state index in [0.29, 0.717) is 0 Å². The molecule has 1 N–H and O–H groups in total. The van der Waals surface area contributed by atoms with Crippen LogP contribution in [0, 0.1) is 0 Å². The van der Waals surface area contributed by atoms with Crippen molar-refractivity contribution in [2.24, 2.45) is 7.05 Å². The SMILES string of the molecule is CCCCCCCCCCCC(O)CCc1nccn1C. The summed E-state index contributed by atoms with van der Waals surface area (Å²) in [5.74, 6) is 1.07. The Bertz CT molecular complexity index is 349. The lowest BCUT2D eigenvalue weighted by Gasteiger charge is -2.10. The minimum Gasteiger partial charge on any atom is -0.393 e. The Labute approximate surface area is 130 Å². The van der Waals surface area contributed by atoms with E-state index in [0.717, 1.165) is 31.5 Å². The predicted octanol–water partition coefficient (Wildman–Crippen LogP) is 4.63. The maximum atomic E-state index is 10.0. The fourth-order valence-electron chi connectivity index (χ4n) is 2.77. The highest BCUT2D eigenvalue weighted by molar-refractivity contribution is 4.91. The molecule has 0 saturated heterocycles. The van der Waals surface area contributed by atoms with Crippen LogP contribution in [0.3, 0.4) is 0 Å². The van der Waals surface area contributed by atoms with Gasteiger partial charge in [-0.05, 0) is 12.8 Å². The van der Waals surface area contributed by atoms with Gasteiger partial charge < -0.3 is 9.67 Å². The number of unbranched alkanes of at least 4 members (excludes halogenated alkanes) is 8. The van der Waals surface area contributed by atoms with Crippen LogP contribution in [0.25, 0.3) is 0 Å². The van der Waals surface area contributed by atoms with Gasteiger partial charge in [-0.15, -0.1) is 0 Å². The highest BCUT2D eigenvalue weighted by atomic mass is 16.3. The van der Waals surface area contributed by atoms with Crippen molar-refractivity contribution < 1.29 is 5.11 Å². The number of hydrogen-bond acceptors (Lipinski definition) is 2. The number of nitrogens with zero attached hydrogens (tertiary/aromatic N) is 2. The summed E-state index contributed by atoms with van der Waals surface area (Å²) in [6.07, 6.45) is 18.3. The van der Waals surface area contributed by atoms with Gasteiger partial charge >= 0.3 is 0 Å². The van der Waals surface area contributed by atoms with E-state index in [-0.39, 0.29) is 6.10 Å². The molecular formula is C18H34N2O. The molecule has 0 aromatic carbocycles. The fourth-order valence-corrected chi connectivity index (χ4v) is 2.77. The monoisotopic (exact) mass is 294 g/mol. The molecule has 0 bridgehead atoms. The van der Waals surface area contributed by atoms with Gasteiger partial charge in [0.05, 0.1) is 6.10 Å². The molecule has 122 valence electrons. The molecule has 0 aliphatic heterocycles. The van der Waals surface area contributed by atoms with Crippen LogP contribution in [0.5, 0.6) is 0 Å². The highest BCUT2D eigenvalue weighted by Gasteiger charge is 2.06.